The molecule has 0 saturated heterocycles. The molecule has 0 aliphatic heterocycles. The minimum absolute atomic E-state index is 0.289. The summed E-state index contributed by atoms with van der Waals surface area (Å²) in [7, 11) is 1.91. The van der Waals surface area contributed by atoms with Crippen molar-refractivity contribution in [3.05, 3.63) is 46.7 Å². The van der Waals surface area contributed by atoms with Crippen molar-refractivity contribution in [3.8, 4) is 17.2 Å². The summed E-state index contributed by atoms with van der Waals surface area (Å²) < 4.78 is 11.2. The van der Waals surface area contributed by atoms with Crippen LogP contribution in [0.1, 0.15) is 18.4 Å². The number of para-hydroxylation sites is 1. The van der Waals surface area contributed by atoms with Crippen molar-refractivity contribution in [1.29, 1.82) is 0 Å². The molecule has 0 radical (unpaired) electrons. The monoisotopic (exact) mass is 330 g/mol. The van der Waals surface area contributed by atoms with Crippen molar-refractivity contribution in [2.45, 2.75) is 26.0 Å². The van der Waals surface area contributed by atoms with E-state index in [-0.39, 0.29) is 6.04 Å². The number of hydrogen-bond donors (Lipinski definition) is 1. The van der Waals surface area contributed by atoms with E-state index in [0.717, 1.165) is 11.3 Å². The summed E-state index contributed by atoms with van der Waals surface area (Å²) in [4.78, 5) is 8.68. The summed E-state index contributed by atoms with van der Waals surface area (Å²) in [6.07, 6.45) is 0.710. The zero-order chi connectivity index (χ0) is 16.1. The molecule has 1 unspecified atom stereocenters. The van der Waals surface area contributed by atoms with Gasteiger partial charge in [0.2, 0.25) is 0 Å². The van der Waals surface area contributed by atoms with Gasteiger partial charge in [-0.1, -0.05) is 17.3 Å². The van der Waals surface area contributed by atoms with E-state index in [4.69, 9.17) is 9.26 Å². The highest BCUT2D eigenvalue weighted by molar-refractivity contribution is 7.07. The predicted octanol–water partition coefficient (Wildman–Crippen LogP) is 2.92. The fraction of sp³-hybridized carbons (Fsp3) is 0.312. The van der Waals surface area contributed by atoms with E-state index in [0.29, 0.717) is 30.5 Å². The standard InChI is InChI=1S/C16H18N4O2S/c1-11(17-2)7-15-19-16(22-20-15)13-5-3-4-6-14(13)21-8-12-9-23-10-18-12/h3-6,9-11,17H,7-8H2,1-2H3. The second-order valence-corrected chi connectivity index (χ2v) is 5.89. The van der Waals surface area contributed by atoms with Gasteiger partial charge in [0, 0.05) is 17.8 Å². The Balaban J connectivity index is 1.77. The van der Waals surface area contributed by atoms with Crippen LogP contribution in [0.5, 0.6) is 5.75 Å². The lowest BCUT2D eigenvalue weighted by atomic mass is 10.2. The van der Waals surface area contributed by atoms with Gasteiger partial charge >= 0.3 is 0 Å². The molecule has 120 valence electrons. The molecule has 3 rings (SSSR count). The number of thiazole rings is 1. The van der Waals surface area contributed by atoms with Crippen LogP contribution in [-0.2, 0) is 13.0 Å². The van der Waals surface area contributed by atoms with E-state index in [1.807, 2.05) is 36.7 Å². The summed E-state index contributed by atoms with van der Waals surface area (Å²) in [6.45, 7) is 2.49. The first-order valence-corrected chi connectivity index (χ1v) is 8.29. The number of hydrogen-bond acceptors (Lipinski definition) is 7. The molecule has 0 spiro atoms. The normalized spacial score (nSPS) is 12.3. The fourth-order valence-electron chi connectivity index (χ4n) is 2.05. The molecule has 0 aliphatic rings. The van der Waals surface area contributed by atoms with Crippen molar-refractivity contribution in [2.24, 2.45) is 0 Å². The maximum Gasteiger partial charge on any atom is 0.261 e. The van der Waals surface area contributed by atoms with Gasteiger partial charge < -0.3 is 14.6 Å². The number of rotatable bonds is 7. The summed E-state index contributed by atoms with van der Waals surface area (Å²) >= 11 is 1.55. The van der Waals surface area contributed by atoms with E-state index in [2.05, 4.69) is 27.4 Å². The molecular weight excluding hydrogens is 312 g/mol. The highest BCUT2D eigenvalue weighted by Crippen LogP contribution is 2.29. The molecule has 3 aromatic rings. The van der Waals surface area contributed by atoms with Crippen molar-refractivity contribution >= 4 is 11.3 Å². The smallest absolute Gasteiger partial charge is 0.261 e. The Bertz CT molecular complexity index is 742. The van der Waals surface area contributed by atoms with Crippen LogP contribution in [0.3, 0.4) is 0 Å². The summed E-state index contributed by atoms with van der Waals surface area (Å²) in [5, 5.41) is 9.16. The molecule has 1 atom stereocenters. The molecule has 0 bridgehead atoms. The minimum Gasteiger partial charge on any atom is -0.486 e. The second-order valence-electron chi connectivity index (χ2n) is 5.17. The molecule has 7 heteroatoms. The van der Waals surface area contributed by atoms with E-state index in [9.17, 15) is 0 Å². The lowest BCUT2D eigenvalue weighted by Gasteiger charge is -2.07. The number of nitrogens with zero attached hydrogens (tertiary/aromatic N) is 3. The van der Waals surface area contributed by atoms with Gasteiger partial charge in [0.15, 0.2) is 5.82 Å². The molecule has 2 aromatic heterocycles. The third-order valence-corrected chi connectivity index (χ3v) is 4.06. The molecule has 2 heterocycles. The van der Waals surface area contributed by atoms with Crippen LogP contribution in [0.25, 0.3) is 11.5 Å². The average Bonchev–Trinajstić information content (AvgIpc) is 3.25. The van der Waals surface area contributed by atoms with Gasteiger partial charge in [0.05, 0.1) is 16.8 Å². The van der Waals surface area contributed by atoms with Crippen molar-refractivity contribution in [1.82, 2.24) is 20.4 Å². The van der Waals surface area contributed by atoms with Crippen molar-refractivity contribution in [2.75, 3.05) is 7.05 Å². The lowest BCUT2D eigenvalue weighted by molar-refractivity contribution is 0.302. The van der Waals surface area contributed by atoms with Gasteiger partial charge in [-0.2, -0.15) is 4.98 Å². The molecule has 1 aromatic carbocycles. The Hall–Kier alpha value is -2.25. The first-order valence-electron chi connectivity index (χ1n) is 7.35. The van der Waals surface area contributed by atoms with E-state index >= 15 is 0 Å². The van der Waals surface area contributed by atoms with E-state index in [1.54, 1.807) is 16.8 Å². The fourth-order valence-corrected chi connectivity index (χ4v) is 2.59. The molecule has 23 heavy (non-hydrogen) atoms. The third kappa shape index (κ3) is 3.94. The van der Waals surface area contributed by atoms with Crippen LogP contribution in [0.4, 0.5) is 0 Å². The first-order chi connectivity index (χ1) is 11.3. The van der Waals surface area contributed by atoms with Crippen LogP contribution in [0.15, 0.2) is 39.7 Å². The summed E-state index contributed by atoms with van der Waals surface area (Å²) in [6, 6.07) is 7.93. The van der Waals surface area contributed by atoms with E-state index in [1.165, 1.54) is 0 Å². The predicted molar refractivity (Wildman–Crippen MR) is 88.4 cm³/mol. The molecule has 0 amide bonds. The SMILES string of the molecule is CNC(C)Cc1noc(-c2ccccc2OCc2cscn2)n1. The quantitative estimate of drug-likeness (QED) is 0.718. The first kappa shape index (κ1) is 15.6. The van der Waals surface area contributed by atoms with Gasteiger partial charge in [0.1, 0.15) is 12.4 Å². The van der Waals surface area contributed by atoms with Gasteiger partial charge in [0.25, 0.3) is 5.89 Å². The van der Waals surface area contributed by atoms with Crippen LogP contribution in [0.2, 0.25) is 0 Å². The Labute approximate surface area is 138 Å². The Morgan fingerprint density at radius 1 is 1.35 bits per heavy atom. The summed E-state index contributed by atoms with van der Waals surface area (Å²) in [5.41, 5.74) is 3.48. The maximum absolute atomic E-state index is 5.85. The second kappa shape index (κ2) is 7.34. The minimum atomic E-state index is 0.289. The molecule has 0 fully saturated rings. The van der Waals surface area contributed by atoms with Crippen LogP contribution < -0.4 is 10.1 Å². The lowest BCUT2D eigenvalue weighted by Crippen LogP contribution is -2.24. The number of nitrogens with one attached hydrogen (secondary N) is 1. The topological polar surface area (TPSA) is 73.1 Å². The van der Waals surface area contributed by atoms with Gasteiger partial charge in [-0.05, 0) is 26.1 Å². The zero-order valence-corrected chi connectivity index (χ0v) is 13.8. The molecule has 1 N–H and O–H groups in total. The molecule has 0 aliphatic carbocycles. The highest BCUT2D eigenvalue weighted by Gasteiger charge is 2.15. The van der Waals surface area contributed by atoms with Crippen LogP contribution in [0, 0.1) is 0 Å². The van der Waals surface area contributed by atoms with Gasteiger partial charge in [-0.15, -0.1) is 11.3 Å². The molecule has 0 saturated carbocycles. The Kier molecular flexibility index (Phi) is 4.99. The Morgan fingerprint density at radius 3 is 3.00 bits per heavy atom. The van der Waals surface area contributed by atoms with E-state index < -0.39 is 0 Å². The van der Waals surface area contributed by atoms with Crippen molar-refractivity contribution < 1.29 is 9.26 Å². The number of aromatic nitrogens is 3. The van der Waals surface area contributed by atoms with Crippen LogP contribution in [-0.4, -0.2) is 28.2 Å². The van der Waals surface area contributed by atoms with Crippen molar-refractivity contribution in [3.63, 3.8) is 0 Å². The highest BCUT2D eigenvalue weighted by atomic mass is 32.1. The number of likely N-dealkylation sites (N-methyl/N-ethyl adjacent to an activating group) is 1. The average molecular weight is 330 g/mol. The largest absolute Gasteiger partial charge is 0.486 e. The number of ether oxygens (including phenoxy) is 1. The molecule has 6 nitrogen and oxygen atoms in total. The van der Waals surface area contributed by atoms with Gasteiger partial charge in [-0.25, -0.2) is 4.98 Å². The maximum atomic E-state index is 5.85. The van der Waals surface area contributed by atoms with Crippen LogP contribution >= 0.6 is 11.3 Å². The Morgan fingerprint density at radius 2 is 2.22 bits per heavy atom. The molecular formula is C16H18N4O2S. The zero-order valence-electron chi connectivity index (χ0n) is 13.0. The van der Waals surface area contributed by atoms with Gasteiger partial charge in [-0.3, -0.25) is 0 Å². The summed E-state index contributed by atoms with van der Waals surface area (Å²) in [5.74, 6) is 1.85. The number of benzene rings is 1. The third-order valence-electron chi connectivity index (χ3n) is 3.43.